The monoisotopic (exact) mass is 455 g/mol. The predicted molar refractivity (Wildman–Crippen MR) is 127 cm³/mol. The van der Waals surface area contributed by atoms with Crippen LogP contribution in [-0.2, 0) is 9.53 Å². The molecule has 0 N–H and O–H groups in total. The van der Waals surface area contributed by atoms with Crippen molar-refractivity contribution in [3.63, 3.8) is 0 Å². The number of nitrogens with zero attached hydrogens (tertiary/aromatic N) is 5. The largest absolute Gasteiger partial charge is 0.373 e. The van der Waals surface area contributed by atoms with Crippen molar-refractivity contribution < 1.29 is 14.1 Å². The first-order chi connectivity index (χ1) is 15.8. The minimum Gasteiger partial charge on any atom is -0.373 e. The number of rotatable bonds is 6. The standard InChI is InChI=1S/C25H37N5O3/c1-17(2)22(30-15-18(3)32-19(4)16-30)25(31)29-13-11-28(12-14-29)20(5)24-26-23(27-33-24)21-9-7-6-8-10-21/h6-10,17-20,22H,11-16H2,1-5H3. The van der Waals surface area contributed by atoms with Crippen LogP contribution in [0.4, 0.5) is 0 Å². The van der Waals surface area contributed by atoms with Gasteiger partial charge >= 0.3 is 0 Å². The molecule has 4 atom stereocenters. The second-order valence-electron chi connectivity index (χ2n) is 9.76. The number of hydrogen-bond acceptors (Lipinski definition) is 7. The summed E-state index contributed by atoms with van der Waals surface area (Å²) in [6.07, 6.45) is 0.298. The molecule has 0 saturated carbocycles. The van der Waals surface area contributed by atoms with E-state index < -0.39 is 0 Å². The normalized spacial score (nSPS) is 24.7. The maximum atomic E-state index is 13.5. The summed E-state index contributed by atoms with van der Waals surface area (Å²) in [7, 11) is 0. The highest BCUT2D eigenvalue weighted by molar-refractivity contribution is 5.82. The van der Waals surface area contributed by atoms with Crippen LogP contribution in [0.2, 0.25) is 0 Å². The Labute approximate surface area is 196 Å². The van der Waals surface area contributed by atoms with E-state index in [2.05, 4.69) is 54.6 Å². The summed E-state index contributed by atoms with van der Waals surface area (Å²) in [6, 6.07) is 9.76. The van der Waals surface area contributed by atoms with Crippen LogP contribution in [0.15, 0.2) is 34.9 Å². The van der Waals surface area contributed by atoms with Crippen molar-refractivity contribution in [2.75, 3.05) is 39.3 Å². The second kappa shape index (κ2) is 10.3. The van der Waals surface area contributed by atoms with Gasteiger partial charge < -0.3 is 14.2 Å². The van der Waals surface area contributed by atoms with Crippen molar-refractivity contribution >= 4 is 5.91 Å². The average molecular weight is 456 g/mol. The Kier molecular flexibility index (Phi) is 7.46. The van der Waals surface area contributed by atoms with E-state index in [9.17, 15) is 4.79 Å². The van der Waals surface area contributed by atoms with Crippen LogP contribution in [0.3, 0.4) is 0 Å². The number of aromatic nitrogens is 2. The molecule has 0 spiro atoms. The van der Waals surface area contributed by atoms with Crippen LogP contribution in [-0.4, -0.2) is 88.3 Å². The molecule has 180 valence electrons. The molecule has 4 unspecified atom stereocenters. The molecule has 4 rings (SSSR count). The molecule has 2 aliphatic heterocycles. The highest BCUT2D eigenvalue weighted by Gasteiger charge is 2.37. The number of carbonyl (C=O) groups is 1. The molecular weight excluding hydrogens is 418 g/mol. The summed E-state index contributed by atoms with van der Waals surface area (Å²) in [5.41, 5.74) is 0.946. The Balaban J connectivity index is 1.36. The summed E-state index contributed by atoms with van der Waals surface area (Å²) in [5.74, 6) is 1.72. The Morgan fingerprint density at radius 2 is 1.61 bits per heavy atom. The Hall–Kier alpha value is -2.29. The van der Waals surface area contributed by atoms with Gasteiger partial charge in [-0.05, 0) is 26.7 Å². The van der Waals surface area contributed by atoms with E-state index in [1.54, 1.807) is 0 Å². The average Bonchev–Trinajstić information content (AvgIpc) is 3.29. The first-order valence-corrected chi connectivity index (χ1v) is 12.1. The minimum atomic E-state index is -0.104. The fraction of sp³-hybridized carbons (Fsp3) is 0.640. The van der Waals surface area contributed by atoms with Crippen molar-refractivity contribution in [1.82, 2.24) is 24.8 Å². The lowest BCUT2D eigenvalue weighted by molar-refractivity contribution is -0.147. The second-order valence-corrected chi connectivity index (χ2v) is 9.76. The molecule has 8 heteroatoms. The third kappa shape index (κ3) is 5.45. The molecule has 2 aromatic rings. The van der Waals surface area contributed by atoms with Gasteiger partial charge in [-0.25, -0.2) is 0 Å². The molecule has 2 fully saturated rings. The number of carbonyl (C=O) groups excluding carboxylic acids is 1. The number of hydrogen-bond donors (Lipinski definition) is 0. The van der Waals surface area contributed by atoms with Gasteiger partial charge in [0.25, 0.3) is 0 Å². The third-order valence-corrected chi connectivity index (χ3v) is 6.73. The fourth-order valence-corrected chi connectivity index (χ4v) is 5.09. The lowest BCUT2D eigenvalue weighted by atomic mass is 9.98. The molecule has 0 radical (unpaired) electrons. The Bertz CT molecular complexity index is 900. The van der Waals surface area contributed by atoms with Gasteiger partial charge in [-0.2, -0.15) is 4.98 Å². The van der Waals surface area contributed by atoms with Crippen LogP contribution in [0.5, 0.6) is 0 Å². The Morgan fingerprint density at radius 3 is 2.21 bits per heavy atom. The SMILES string of the molecule is CC1CN(C(C(=O)N2CCN(C(C)c3nc(-c4ccccc4)no3)CC2)C(C)C)CC(C)O1. The van der Waals surface area contributed by atoms with Crippen LogP contribution < -0.4 is 0 Å². The van der Waals surface area contributed by atoms with Crippen molar-refractivity contribution in [2.24, 2.45) is 5.92 Å². The predicted octanol–water partition coefficient (Wildman–Crippen LogP) is 3.08. The zero-order valence-electron chi connectivity index (χ0n) is 20.5. The molecular formula is C25H37N5O3. The fourth-order valence-electron chi connectivity index (χ4n) is 5.09. The highest BCUT2D eigenvalue weighted by Crippen LogP contribution is 2.25. The maximum Gasteiger partial charge on any atom is 0.244 e. The molecule has 1 aromatic carbocycles. The molecule has 1 aromatic heterocycles. The van der Waals surface area contributed by atoms with E-state index in [-0.39, 0.29) is 36.1 Å². The zero-order chi connectivity index (χ0) is 23.5. The van der Waals surface area contributed by atoms with Crippen molar-refractivity contribution in [3.05, 3.63) is 36.2 Å². The minimum absolute atomic E-state index is 0.00838. The van der Waals surface area contributed by atoms with Gasteiger partial charge in [0.15, 0.2) is 0 Å². The number of benzene rings is 1. The lowest BCUT2D eigenvalue weighted by Gasteiger charge is -2.44. The zero-order valence-corrected chi connectivity index (χ0v) is 20.5. The molecule has 0 bridgehead atoms. The van der Waals surface area contributed by atoms with Crippen LogP contribution in [0.1, 0.15) is 46.6 Å². The quantitative estimate of drug-likeness (QED) is 0.663. The first-order valence-electron chi connectivity index (χ1n) is 12.1. The smallest absolute Gasteiger partial charge is 0.244 e. The molecule has 1 amide bonds. The molecule has 2 saturated heterocycles. The van der Waals surface area contributed by atoms with E-state index >= 15 is 0 Å². The van der Waals surface area contributed by atoms with Crippen LogP contribution >= 0.6 is 0 Å². The Morgan fingerprint density at radius 1 is 0.970 bits per heavy atom. The molecule has 0 aliphatic carbocycles. The first kappa shape index (κ1) is 23.9. The van der Waals surface area contributed by atoms with Gasteiger partial charge in [0.05, 0.1) is 24.3 Å². The number of ether oxygens (including phenoxy) is 1. The maximum absolute atomic E-state index is 13.5. The van der Waals surface area contributed by atoms with Crippen molar-refractivity contribution in [3.8, 4) is 11.4 Å². The summed E-state index contributed by atoms with van der Waals surface area (Å²) in [6.45, 7) is 15.2. The van der Waals surface area contributed by atoms with E-state index in [1.807, 2.05) is 35.2 Å². The highest BCUT2D eigenvalue weighted by atomic mass is 16.5. The van der Waals surface area contributed by atoms with E-state index in [0.717, 1.165) is 31.7 Å². The molecule has 3 heterocycles. The number of amides is 1. The topological polar surface area (TPSA) is 74.9 Å². The number of piperazine rings is 1. The van der Waals surface area contributed by atoms with Gasteiger partial charge in [-0.3, -0.25) is 14.6 Å². The summed E-state index contributed by atoms with van der Waals surface area (Å²) in [5, 5.41) is 4.16. The van der Waals surface area contributed by atoms with E-state index in [4.69, 9.17) is 9.26 Å². The lowest BCUT2D eigenvalue weighted by Crippen LogP contribution is -2.60. The van der Waals surface area contributed by atoms with Gasteiger partial charge in [0.2, 0.25) is 17.6 Å². The van der Waals surface area contributed by atoms with Crippen LogP contribution in [0, 0.1) is 5.92 Å². The molecule has 2 aliphatic rings. The van der Waals surface area contributed by atoms with Gasteiger partial charge in [0, 0.05) is 44.8 Å². The molecule has 8 nitrogen and oxygen atoms in total. The molecule has 33 heavy (non-hydrogen) atoms. The van der Waals surface area contributed by atoms with E-state index in [0.29, 0.717) is 24.8 Å². The van der Waals surface area contributed by atoms with Crippen molar-refractivity contribution in [1.29, 1.82) is 0 Å². The summed E-state index contributed by atoms with van der Waals surface area (Å²) in [4.78, 5) is 24.8. The van der Waals surface area contributed by atoms with Crippen molar-refractivity contribution in [2.45, 2.75) is 58.9 Å². The summed E-state index contributed by atoms with van der Waals surface area (Å²) >= 11 is 0. The van der Waals surface area contributed by atoms with Gasteiger partial charge in [0.1, 0.15) is 0 Å². The third-order valence-electron chi connectivity index (χ3n) is 6.73. The number of morpholine rings is 1. The van der Waals surface area contributed by atoms with E-state index in [1.165, 1.54) is 0 Å². The van der Waals surface area contributed by atoms with Gasteiger partial charge in [-0.1, -0.05) is 49.3 Å². The van der Waals surface area contributed by atoms with Gasteiger partial charge in [-0.15, -0.1) is 0 Å². The summed E-state index contributed by atoms with van der Waals surface area (Å²) < 4.78 is 11.5. The van der Waals surface area contributed by atoms with Crippen LogP contribution in [0.25, 0.3) is 11.4 Å².